The van der Waals surface area contributed by atoms with Crippen LogP contribution in [0, 0.1) is 5.92 Å². The Balaban J connectivity index is 1.73. The fraction of sp³-hybridized carbons (Fsp3) is 0.467. The lowest BCUT2D eigenvalue weighted by Crippen LogP contribution is -2.39. The van der Waals surface area contributed by atoms with Gasteiger partial charge in [0.2, 0.25) is 10.0 Å². The molecule has 8 nitrogen and oxygen atoms in total. The number of fused-ring (bicyclic) bond motifs is 1. The van der Waals surface area contributed by atoms with Crippen molar-refractivity contribution in [3.05, 3.63) is 42.0 Å². The molecule has 2 aromatic heterocycles. The maximum atomic E-state index is 12.2. The van der Waals surface area contributed by atoms with Crippen LogP contribution < -0.4 is 5.32 Å². The van der Waals surface area contributed by atoms with Gasteiger partial charge in [0.15, 0.2) is 0 Å². The third kappa shape index (κ3) is 3.51. The van der Waals surface area contributed by atoms with E-state index in [9.17, 15) is 13.2 Å². The van der Waals surface area contributed by atoms with Crippen LogP contribution in [0.5, 0.6) is 0 Å². The van der Waals surface area contributed by atoms with Gasteiger partial charge in [0.1, 0.15) is 5.69 Å². The summed E-state index contributed by atoms with van der Waals surface area (Å²) in [4.78, 5) is 12.2. The number of hydrogen-bond acceptors (Lipinski definition) is 4. The topological polar surface area (TPSA) is 89.2 Å². The third-order valence-electron chi connectivity index (χ3n) is 4.23. The van der Waals surface area contributed by atoms with Crippen LogP contribution in [0.3, 0.4) is 0 Å². The highest BCUT2D eigenvalue weighted by atomic mass is 32.2. The molecule has 0 fully saturated rings. The van der Waals surface area contributed by atoms with Crippen LogP contribution in [0.1, 0.15) is 16.2 Å². The number of amides is 1. The highest BCUT2D eigenvalue weighted by Gasteiger charge is 2.28. The molecular formula is C15H21N5O3S. The van der Waals surface area contributed by atoms with Gasteiger partial charge in [0.25, 0.3) is 5.91 Å². The van der Waals surface area contributed by atoms with Crippen LogP contribution in [0.2, 0.25) is 0 Å². The Morgan fingerprint density at radius 3 is 2.83 bits per heavy atom. The van der Waals surface area contributed by atoms with Crippen LogP contribution in [-0.2, 0) is 30.2 Å². The van der Waals surface area contributed by atoms with Gasteiger partial charge < -0.3 is 9.88 Å². The second-order valence-electron chi connectivity index (χ2n) is 6.14. The highest BCUT2D eigenvalue weighted by molar-refractivity contribution is 7.88. The largest absolute Gasteiger partial charge is 0.350 e. The smallest absolute Gasteiger partial charge is 0.267 e. The second-order valence-corrected chi connectivity index (χ2v) is 8.12. The molecule has 0 bridgehead atoms. The normalized spacial score (nSPS) is 18.8. The van der Waals surface area contributed by atoms with Crippen molar-refractivity contribution in [3.63, 3.8) is 0 Å². The van der Waals surface area contributed by atoms with Crippen molar-refractivity contribution >= 4 is 15.9 Å². The average molecular weight is 351 g/mol. The van der Waals surface area contributed by atoms with Crippen molar-refractivity contribution < 1.29 is 13.2 Å². The van der Waals surface area contributed by atoms with Gasteiger partial charge >= 0.3 is 0 Å². The fourth-order valence-corrected chi connectivity index (χ4v) is 3.75. The van der Waals surface area contributed by atoms with Gasteiger partial charge in [-0.1, -0.05) is 0 Å². The van der Waals surface area contributed by atoms with Crippen LogP contribution in [0.15, 0.2) is 30.6 Å². The van der Waals surface area contributed by atoms with Gasteiger partial charge in [-0.25, -0.2) is 8.42 Å². The number of sulfonamides is 1. The van der Waals surface area contributed by atoms with Crippen LogP contribution in [-0.4, -0.2) is 52.3 Å². The Bertz CT molecular complexity index is 839. The summed E-state index contributed by atoms with van der Waals surface area (Å²) >= 11 is 0. The number of rotatable bonds is 4. The number of aromatic nitrogens is 3. The minimum absolute atomic E-state index is 0.0508. The average Bonchev–Trinajstić information content (AvgIpc) is 3.08. The molecule has 0 radical (unpaired) electrons. The lowest BCUT2D eigenvalue weighted by molar-refractivity contribution is 0.0936. The zero-order chi connectivity index (χ0) is 17.3. The first kappa shape index (κ1) is 16.7. The molecule has 1 aliphatic rings. The molecule has 1 amide bonds. The molecule has 1 N–H and O–H groups in total. The van der Waals surface area contributed by atoms with E-state index < -0.39 is 10.0 Å². The van der Waals surface area contributed by atoms with Crippen LogP contribution >= 0.6 is 0 Å². The molecule has 1 atom stereocenters. The number of nitrogens with one attached hydrogen (secondary N) is 1. The first-order valence-electron chi connectivity index (χ1n) is 7.70. The molecule has 0 aromatic carbocycles. The summed E-state index contributed by atoms with van der Waals surface area (Å²) in [5.41, 5.74) is 1.43. The molecule has 1 aliphatic heterocycles. The van der Waals surface area contributed by atoms with Crippen molar-refractivity contribution in [2.45, 2.75) is 13.1 Å². The standard InChI is InChI=1S/C15H21N5O3S/c1-18-7-3-4-14(18)15(21)16-8-12-9-19(24(2,22)23)11-13-5-6-17-20(13)10-12/h3-7,12H,8-11H2,1-2H3,(H,16,21)/t12-/m1/s1. The first-order chi connectivity index (χ1) is 11.3. The molecule has 0 unspecified atom stereocenters. The lowest BCUT2D eigenvalue weighted by Gasteiger charge is -2.22. The van der Waals surface area contributed by atoms with Crippen molar-refractivity contribution in [2.75, 3.05) is 19.3 Å². The van der Waals surface area contributed by atoms with Crippen LogP contribution in [0.25, 0.3) is 0 Å². The highest BCUT2D eigenvalue weighted by Crippen LogP contribution is 2.17. The minimum atomic E-state index is -3.32. The monoisotopic (exact) mass is 351 g/mol. The molecule has 0 spiro atoms. The van der Waals surface area contributed by atoms with E-state index in [1.807, 2.05) is 30.1 Å². The summed E-state index contributed by atoms with van der Waals surface area (Å²) in [7, 11) is -1.51. The summed E-state index contributed by atoms with van der Waals surface area (Å²) in [5, 5.41) is 7.15. The molecule has 3 rings (SSSR count). The molecule has 2 aromatic rings. The van der Waals surface area contributed by atoms with Gasteiger partial charge in [-0.2, -0.15) is 9.40 Å². The predicted molar refractivity (Wildman–Crippen MR) is 88.7 cm³/mol. The van der Waals surface area contributed by atoms with Crippen molar-refractivity contribution in [1.29, 1.82) is 0 Å². The molecule has 0 saturated heterocycles. The Morgan fingerprint density at radius 2 is 2.17 bits per heavy atom. The summed E-state index contributed by atoms with van der Waals surface area (Å²) < 4.78 is 29.0. The van der Waals surface area contributed by atoms with Gasteiger partial charge in [0.05, 0.1) is 18.5 Å². The predicted octanol–water partition coefficient (Wildman–Crippen LogP) is 0.0430. The van der Waals surface area contributed by atoms with E-state index in [2.05, 4.69) is 10.4 Å². The Labute approximate surface area is 141 Å². The molecule has 3 heterocycles. The van der Waals surface area contributed by atoms with E-state index in [1.165, 1.54) is 10.6 Å². The summed E-state index contributed by atoms with van der Waals surface area (Å²) in [6.07, 6.45) is 4.68. The van der Waals surface area contributed by atoms with Crippen molar-refractivity contribution in [1.82, 2.24) is 24.0 Å². The number of carbonyl (C=O) groups excluding carboxylic acids is 1. The third-order valence-corrected chi connectivity index (χ3v) is 5.45. The minimum Gasteiger partial charge on any atom is -0.350 e. The maximum Gasteiger partial charge on any atom is 0.267 e. The van der Waals surface area contributed by atoms with E-state index in [1.54, 1.807) is 16.8 Å². The van der Waals surface area contributed by atoms with Crippen molar-refractivity contribution in [3.8, 4) is 0 Å². The molecule has 9 heteroatoms. The molecular weight excluding hydrogens is 330 g/mol. The lowest BCUT2D eigenvalue weighted by atomic mass is 10.1. The van der Waals surface area contributed by atoms with Crippen LogP contribution in [0.4, 0.5) is 0 Å². The van der Waals surface area contributed by atoms with Gasteiger partial charge in [-0.05, 0) is 18.2 Å². The number of carbonyl (C=O) groups is 1. The Hall–Kier alpha value is -2.13. The Kier molecular flexibility index (Phi) is 4.46. The summed E-state index contributed by atoms with van der Waals surface area (Å²) in [6, 6.07) is 5.38. The molecule has 130 valence electrons. The van der Waals surface area contributed by atoms with Gasteiger partial charge in [-0.3, -0.25) is 9.48 Å². The van der Waals surface area contributed by atoms with E-state index >= 15 is 0 Å². The Morgan fingerprint density at radius 1 is 1.38 bits per heavy atom. The molecule has 0 saturated carbocycles. The van der Waals surface area contributed by atoms with E-state index in [-0.39, 0.29) is 11.8 Å². The van der Waals surface area contributed by atoms with E-state index in [0.717, 1.165) is 5.69 Å². The summed E-state index contributed by atoms with van der Waals surface area (Å²) in [5.74, 6) is -0.219. The first-order valence-corrected chi connectivity index (χ1v) is 9.55. The zero-order valence-corrected chi connectivity index (χ0v) is 14.5. The van der Waals surface area contributed by atoms with Crippen molar-refractivity contribution in [2.24, 2.45) is 13.0 Å². The van der Waals surface area contributed by atoms with E-state index in [0.29, 0.717) is 31.9 Å². The zero-order valence-electron chi connectivity index (χ0n) is 13.7. The van der Waals surface area contributed by atoms with Gasteiger partial charge in [0, 0.05) is 45.0 Å². The maximum absolute atomic E-state index is 12.2. The fourth-order valence-electron chi connectivity index (χ4n) is 2.90. The molecule has 24 heavy (non-hydrogen) atoms. The number of nitrogens with zero attached hydrogens (tertiary/aromatic N) is 4. The molecule has 0 aliphatic carbocycles. The number of aryl methyl sites for hydroxylation is 1. The second kappa shape index (κ2) is 6.40. The van der Waals surface area contributed by atoms with E-state index in [4.69, 9.17) is 0 Å². The number of hydrogen-bond donors (Lipinski definition) is 1. The summed E-state index contributed by atoms with van der Waals surface area (Å²) in [6.45, 7) is 1.62. The SMILES string of the molecule is Cn1cccc1C(=O)NC[C@@H]1CN(S(C)(=O)=O)Cc2ccnn2C1. The van der Waals surface area contributed by atoms with Gasteiger partial charge in [-0.15, -0.1) is 0 Å². The quantitative estimate of drug-likeness (QED) is 0.842.